The Bertz CT molecular complexity index is 291. The molecule has 1 saturated carbocycles. The van der Waals surface area contributed by atoms with Gasteiger partial charge in [-0.3, -0.25) is 0 Å². The molecule has 2 N–H and O–H groups in total. The minimum absolute atomic E-state index is 0.622. The summed E-state index contributed by atoms with van der Waals surface area (Å²) in [6.07, 6.45) is 6.03. The van der Waals surface area contributed by atoms with Crippen molar-refractivity contribution in [3.8, 4) is 0 Å². The van der Waals surface area contributed by atoms with Crippen molar-refractivity contribution in [2.75, 3.05) is 23.7 Å². The Kier molecular flexibility index (Phi) is 2.52. The van der Waals surface area contributed by atoms with Gasteiger partial charge in [-0.25, -0.2) is 9.97 Å². The maximum Gasteiger partial charge on any atom is 0.225 e. The zero-order valence-corrected chi connectivity index (χ0v) is 8.48. The summed E-state index contributed by atoms with van der Waals surface area (Å²) in [4.78, 5) is 10.6. The second-order valence-corrected chi connectivity index (χ2v) is 3.80. The molecule has 1 aliphatic carbocycles. The Morgan fingerprint density at radius 2 is 2.07 bits per heavy atom. The second kappa shape index (κ2) is 3.82. The number of rotatable bonds is 4. The van der Waals surface area contributed by atoms with E-state index in [0.717, 1.165) is 25.0 Å². The van der Waals surface area contributed by atoms with Gasteiger partial charge in [0.05, 0.1) is 18.1 Å². The minimum atomic E-state index is 0.622. The molecule has 0 spiro atoms. The lowest BCUT2D eigenvalue weighted by molar-refractivity contribution is 0.720. The first-order chi connectivity index (χ1) is 6.79. The van der Waals surface area contributed by atoms with Crippen molar-refractivity contribution in [3.63, 3.8) is 0 Å². The van der Waals surface area contributed by atoms with Crippen molar-refractivity contribution in [1.82, 2.24) is 9.97 Å². The molecule has 0 radical (unpaired) electrons. The summed E-state index contributed by atoms with van der Waals surface area (Å²) >= 11 is 0. The first-order valence-corrected chi connectivity index (χ1v) is 5.12. The van der Waals surface area contributed by atoms with Crippen LogP contribution >= 0.6 is 0 Å². The number of nitrogens with zero attached hydrogens (tertiary/aromatic N) is 3. The van der Waals surface area contributed by atoms with E-state index in [9.17, 15) is 0 Å². The molecule has 76 valence electrons. The highest BCUT2D eigenvalue weighted by atomic mass is 15.2. The summed E-state index contributed by atoms with van der Waals surface area (Å²) in [6.45, 7) is 4.17. The van der Waals surface area contributed by atoms with Gasteiger partial charge in [0.15, 0.2) is 0 Å². The van der Waals surface area contributed by atoms with E-state index in [1.165, 1.54) is 12.8 Å². The molecule has 1 aromatic rings. The molecule has 1 fully saturated rings. The first kappa shape index (κ1) is 9.24. The van der Waals surface area contributed by atoms with E-state index in [1.807, 2.05) is 0 Å². The number of hydrogen-bond acceptors (Lipinski definition) is 4. The number of anilines is 2. The summed E-state index contributed by atoms with van der Waals surface area (Å²) in [7, 11) is 0. The molecular weight excluding hydrogens is 176 g/mol. The molecule has 4 nitrogen and oxygen atoms in total. The molecule has 14 heavy (non-hydrogen) atoms. The zero-order valence-electron chi connectivity index (χ0n) is 8.48. The van der Waals surface area contributed by atoms with Gasteiger partial charge in [-0.1, -0.05) is 0 Å². The topological polar surface area (TPSA) is 55.0 Å². The lowest BCUT2D eigenvalue weighted by atomic mass is 10.4. The quantitative estimate of drug-likeness (QED) is 0.781. The van der Waals surface area contributed by atoms with Crippen LogP contribution in [0.3, 0.4) is 0 Å². The molecule has 0 saturated heterocycles. The highest BCUT2D eigenvalue weighted by molar-refractivity contribution is 5.37. The third kappa shape index (κ3) is 2.13. The molecular formula is C10H16N4. The van der Waals surface area contributed by atoms with E-state index in [2.05, 4.69) is 21.8 Å². The number of nitrogen functional groups attached to an aromatic ring is 1. The van der Waals surface area contributed by atoms with Crippen molar-refractivity contribution < 1.29 is 0 Å². The largest absolute Gasteiger partial charge is 0.396 e. The van der Waals surface area contributed by atoms with Crippen LogP contribution in [0.25, 0.3) is 0 Å². The Balaban J connectivity index is 2.05. The lowest BCUT2D eigenvalue weighted by Gasteiger charge is -2.20. The van der Waals surface area contributed by atoms with Crippen LogP contribution in [0.5, 0.6) is 0 Å². The molecule has 2 rings (SSSR count). The summed E-state index contributed by atoms with van der Waals surface area (Å²) in [5, 5.41) is 0. The molecule has 4 heteroatoms. The standard InChI is InChI=1S/C10H16N4/c1-2-14(7-8-3-4-8)10-12-5-9(11)6-13-10/h5-6,8H,2-4,7,11H2,1H3. The van der Waals surface area contributed by atoms with Gasteiger partial charge in [0.25, 0.3) is 0 Å². The van der Waals surface area contributed by atoms with Crippen LogP contribution in [0.4, 0.5) is 11.6 Å². The van der Waals surface area contributed by atoms with Crippen molar-refractivity contribution in [2.45, 2.75) is 19.8 Å². The van der Waals surface area contributed by atoms with Gasteiger partial charge in [-0.2, -0.15) is 0 Å². The van der Waals surface area contributed by atoms with Crippen LogP contribution in [0, 0.1) is 5.92 Å². The molecule has 0 amide bonds. The van der Waals surface area contributed by atoms with Crippen LogP contribution in [-0.2, 0) is 0 Å². The second-order valence-electron chi connectivity index (χ2n) is 3.80. The van der Waals surface area contributed by atoms with Gasteiger partial charge in [-0.15, -0.1) is 0 Å². The summed E-state index contributed by atoms with van der Waals surface area (Å²) in [5.74, 6) is 1.66. The number of hydrogen-bond donors (Lipinski definition) is 1. The van der Waals surface area contributed by atoms with Gasteiger partial charge in [0.1, 0.15) is 0 Å². The minimum Gasteiger partial charge on any atom is -0.396 e. The van der Waals surface area contributed by atoms with E-state index >= 15 is 0 Å². The molecule has 1 aromatic heterocycles. The van der Waals surface area contributed by atoms with E-state index in [1.54, 1.807) is 12.4 Å². The average Bonchev–Trinajstić information content (AvgIpc) is 3.00. The number of aromatic nitrogens is 2. The van der Waals surface area contributed by atoms with Crippen molar-refractivity contribution in [3.05, 3.63) is 12.4 Å². The van der Waals surface area contributed by atoms with Crippen LogP contribution < -0.4 is 10.6 Å². The van der Waals surface area contributed by atoms with Crippen LogP contribution in [-0.4, -0.2) is 23.1 Å². The predicted octanol–water partition coefficient (Wildman–Crippen LogP) is 1.30. The molecule has 0 bridgehead atoms. The molecule has 0 aromatic carbocycles. The van der Waals surface area contributed by atoms with E-state index in [4.69, 9.17) is 5.73 Å². The smallest absolute Gasteiger partial charge is 0.225 e. The van der Waals surface area contributed by atoms with Gasteiger partial charge in [0.2, 0.25) is 5.95 Å². The van der Waals surface area contributed by atoms with E-state index in [0.29, 0.717) is 5.69 Å². The highest BCUT2D eigenvalue weighted by Crippen LogP contribution is 2.30. The van der Waals surface area contributed by atoms with Gasteiger partial charge < -0.3 is 10.6 Å². The van der Waals surface area contributed by atoms with Gasteiger partial charge in [-0.05, 0) is 25.7 Å². The van der Waals surface area contributed by atoms with E-state index in [-0.39, 0.29) is 0 Å². The maximum absolute atomic E-state index is 5.54. The normalized spacial score (nSPS) is 15.5. The Morgan fingerprint density at radius 3 is 2.57 bits per heavy atom. The third-order valence-corrected chi connectivity index (χ3v) is 2.50. The molecule has 1 heterocycles. The summed E-state index contributed by atoms with van der Waals surface area (Å²) in [5.41, 5.74) is 6.16. The van der Waals surface area contributed by atoms with Gasteiger partial charge >= 0.3 is 0 Å². The fraction of sp³-hybridized carbons (Fsp3) is 0.600. The Labute approximate surface area is 84.2 Å². The third-order valence-electron chi connectivity index (χ3n) is 2.50. The molecule has 0 unspecified atom stereocenters. The average molecular weight is 192 g/mol. The van der Waals surface area contributed by atoms with Gasteiger partial charge in [0, 0.05) is 13.1 Å². The van der Waals surface area contributed by atoms with Crippen molar-refractivity contribution in [1.29, 1.82) is 0 Å². The monoisotopic (exact) mass is 192 g/mol. The Morgan fingerprint density at radius 1 is 1.43 bits per heavy atom. The Hall–Kier alpha value is -1.32. The van der Waals surface area contributed by atoms with Crippen molar-refractivity contribution in [2.24, 2.45) is 5.92 Å². The molecule has 0 aliphatic heterocycles. The van der Waals surface area contributed by atoms with Crippen LogP contribution in [0.1, 0.15) is 19.8 Å². The fourth-order valence-corrected chi connectivity index (χ4v) is 1.46. The molecule has 0 atom stereocenters. The van der Waals surface area contributed by atoms with Crippen LogP contribution in [0.2, 0.25) is 0 Å². The van der Waals surface area contributed by atoms with Crippen LogP contribution in [0.15, 0.2) is 12.4 Å². The first-order valence-electron chi connectivity index (χ1n) is 5.12. The highest BCUT2D eigenvalue weighted by Gasteiger charge is 2.24. The maximum atomic E-state index is 5.54. The molecule has 1 aliphatic rings. The lowest BCUT2D eigenvalue weighted by Crippen LogP contribution is -2.27. The summed E-state index contributed by atoms with van der Waals surface area (Å²) < 4.78 is 0. The predicted molar refractivity (Wildman–Crippen MR) is 57.1 cm³/mol. The fourth-order valence-electron chi connectivity index (χ4n) is 1.46. The summed E-state index contributed by atoms with van der Waals surface area (Å²) in [6, 6.07) is 0. The van der Waals surface area contributed by atoms with E-state index < -0.39 is 0 Å². The van der Waals surface area contributed by atoms with Crippen molar-refractivity contribution >= 4 is 11.6 Å². The zero-order chi connectivity index (χ0) is 9.97. The number of nitrogens with two attached hydrogens (primary N) is 1. The SMILES string of the molecule is CCN(CC1CC1)c1ncc(N)cn1.